The third-order valence-corrected chi connectivity index (χ3v) is 7.41. The molecule has 2 aliphatic rings. The molecule has 2 amide bonds. The summed E-state index contributed by atoms with van der Waals surface area (Å²) in [6, 6.07) is 16.1. The van der Waals surface area contributed by atoms with Crippen molar-refractivity contribution < 1.29 is 24.2 Å². The number of benzene rings is 2. The van der Waals surface area contributed by atoms with Crippen LogP contribution in [0.5, 0.6) is 0 Å². The van der Waals surface area contributed by atoms with Gasteiger partial charge in [0, 0.05) is 31.5 Å². The molecule has 0 aliphatic heterocycles. The summed E-state index contributed by atoms with van der Waals surface area (Å²) in [5, 5.41) is 12.2. The largest absolute Gasteiger partial charge is 0.481 e. The number of amides is 2. The summed E-state index contributed by atoms with van der Waals surface area (Å²) in [5.41, 5.74) is 4.65. The van der Waals surface area contributed by atoms with Crippen LogP contribution in [-0.2, 0) is 14.3 Å². The Labute approximate surface area is 206 Å². The molecule has 2 unspecified atom stereocenters. The summed E-state index contributed by atoms with van der Waals surface area (Å²) in [5.74, 6) is -1.50. The topological polar surface area (TPSA) is 95.9 Å². The van der Waals surface area contributed by atoms with Gasteiger partial charge in [-0.2, -0.15) is 0 Å². The number of aliphatic carboxylic acids is 1. The van der Waals surface area contributed by atoms with Crippen molar-refractivity contribution in [1.82, 2.24) is 10.2 Å². The zero-order chi connectivity index (χ0) is 24.9. The second-order valence-corrected chi connectivity index (χ2v) is 9.64. The Kier molecular flexibility index (Phi) is 7.73. The van der Waals surface area contributed by atoms with E-state index >= 15 is 0 Å². The van der Waals surface area contributed by atoms with Crippen LogP contribution in [0.1, 0.15) is 56.6 Å². The molecule has 2 aromatic rings. The van der Waals surface area contributed by atoms with Crippen molar-refractivity contribution in [2.75, 3.05) is 19.7 Å². The maximum absolute atomic E-state index is 13.0. The Morgan fingerprint density at radius 2 is 1.66 bits per heavy atom. The van der Waals surface area contributed by atoms with Gasteiger partial charge >= 0.3 is 12.1 Å². The van der Waals surface area contributed by atoms with E-state index in [2.05, 4.69) is 29.6 Å². The fraction of sp³-hybridized carbons (Fsp3) is 0.464. The first kappa shape index (κ1) is 24.8. The smallest absolute Gasteiger partial charge is 0.407 e. The third-order valence-electron chi connectivity index (χ3n) is 7.41. The van der Waals surface area contributed by atoms with Gasteiger partial charge in [0.1, 0.15) is 6.61 Å². The highest BCUT2D eigenvalue weighted by molar-refractivity contribution is 5.80. The van der Waals surface area contributed by atoms with Crippen LogP contribution in [0.3, 0.4) is 0 Å². The Hall–Kier alpha value is -3.35. The van der Waals surface area contributed by atoms with Crippen molar-refractivity contribution in [1.29, 1.82) is 0 Å². The van der Waals surface area contributed by atoms with Crippen LogP contribution in [0.25, 0.3) is 11.1 Å². The summed E-state index contributed by atoms with van der Waals surface area (Å²) >= 11 is 0. The number of hydrogen-bond acceptors (Lipinski definition) is 4. The minimum Gasteiger partial charge on any atom is -0.481 e. The van der Waals surface area contributed by atoms with E-state index in [0.717, 1.165) is 30.4 Å². The summed E-state index contributed by atoms with van der Waals surface area (Å²) in [6.07, 6.45) is 2.63. The molecule has 0 heterocycles. The molecule has 1 fully saturated rings. The summed E-state index contributed by atoms with van der Waals surface area (Å²) in [7, 11) is 0. The molecule has 186 valence electrons. The first-order chi connectivity index (χ1) is 16.9. The predicted octanol–water partition coefficient (Wildman–Crippen LogP) is 4.65. The number of ether oxygens (including phenoxy) is 1. The number of rotatable bonds is 10. The minimum absolute atomic E-state index is 0.0231. The van der Waals surface area contributed by atoms with Gasteiger partial charge < -0.3 is 20.1 Å². The van der Waals surface area contributed by atoms with E-state index in [1.807, 2.05) is 31.2 Å². The van der Waals surface area contributed by atoms with Crippen LogP contribution in [-0.4, -0.2) is 53.7 Å². The van der Waals surface area contributed by atoms with E-state index < -0.39 is 18.0 Å². The summed E-state index contributed by atoms with van der Waals surface area (Å²) in [6.45, 7) is 4.24. The van der Waals surface area contributed by atoms with E-state index in [0.29, 0.717) is 6.54 Å². The lowest BCUT2D eigenvalue weighted by Gasteiger charge is -2.35. The minimum atomic E-state index is -0.927. The van der Waals surface area contributed by atoms with E-state index in [1.54, 1.807) is 11.8 Å². The number of alkyl carbamates (subject to hydrolysis) is 1. The zero-order valence-corrected chi connectivity index (χ0v) is 20.4. The van der Waals surface area contributed by atoms with Gasteiger partial charge in [0.05, 0.1) is 5.92 Å². The second-order valence-electron chi connectivity index (χ2n) is 9.64. The normalized spacial score (nSPS) is 16.4. The van der Waals surface area contributed by atoms with Crippen LogP contribution in [0.2, 0.25) is 0 Å². The molecule has 2 aromatic carbocycles. The van der Waals surface area contributed by atoms with Gasteiger partial charge in [0.2, 0.25) is 5.91 Å². The van der Waals surface area contributed by atoms with Crippen molar-refractivity contribution in [3.8, 4) is 11.1 Å². The van der Waals surface area contributed by atoms with Crippen LogP contribution in [0, 0.1) is 11.8 Å². The SMILES string of the molecule is CCN(CC(C)C(=O)O)C(=O)CC(NC(=O)OCC1c2ccccc2-c2ccccc21)C1CCC1. The van der Waals surface area contributed by atoms with Crippen LogP contribution in [0.15, 0.2) is 48.5 Å². The first-order valence-corrected chi connectivity index (χ1v) is 12.5. The van der Waals surface area contributed by atoms with Gasteiger partial charge in [-0.15, -0.1) is 0 Å². The van der Waals surface area contributed by atoms with E-state index in [-0.39, 0.29) is 43.4 Å². The molecule has 2 atom stereocenters. The van der Waals surface area contributed by atoms with Gasteiger partial charge in [-0.05, 0) is 47.9 Å². The van der Waals surface area contributed by atoms with Crippen LogP contribution in [0.4, 0.5) is 4.79 Å². The van der Waals surface area contributed by atoms with Crippen molar-refractivity contribution in [3.63, 3.8) is 0 Å². The molecule has 4 rings (SSSR count). The van der Waals surface area contributed by atoms with E-state index in [4.69, 9.17) is 4.74 Å². The Morgan fingerprint density at radius 3 is 2.17 bits per heavy atom. The molecule has 0 radical (unpaired) electrons. The lowest BCUT2D eigenvalue weighted by Crippen LogP contribution is -2.47. The molecular weight excluding hydrogens is 444 g/mol. The average molecular weight is 479 g/mol. The van der Waals surface area contributed by atoms with Crippen molar-refractivity contribution in [2.45, 2.75) is 51.5 Å². The van der Waals surface area contributed by atoms with E-state index in [9.17, 15) is 19.5 Å². The van der Waals surface area contributed by atoms with Crippen molar-refractivity contribution in [2.24, 2.45) is 11.8 Å². The molecule has 0 spiro atoms. The molecule has 0 saturated heterocycles. The lowest BCUT2D eigenvalue weighted by atomic mass is 9.78. The second kappa shape index (κ2) is 10.9. The highest BCUT2D eigenvalue weighted by Crippen LogP contribution is 2.44. The highest BCUT2D eigenvalue weighted by atomic mass is 16.5. The van der Waals surface area contributed by atoms with Gasteiger partial charge in [-0.3, -0.25) is 9.59 Å². The molecule has 35 heavy (non-hydrogen) atoms. The number of nitrogens with one attached hydrogen (secondary N) is 1. The monoisotopic (exact) mass is 478 g/mol. The Bertz CT molecular complexity index is 1040. The molecule has 7 nitrogen and oxygen atoms in total. The van der Waals surface area contributed by atoms with Gasteiger partial charge in [0.15, 0.2) is 0 Å². The fourth-order valence-electron chi connectivity index (χ4n) is 5.10. The number of carbonyl (C=O) groups is 3. The van der Waals surface area contributed by atoms with Gasteiger partial charge in [-0.1, -0.05) is 61.9 Å². The molecular formula is C28H34N2O5. The molecule has 2 N–H and O–H groups in total. The number of carboxylic acids is 1. The lowest BCUT2D eigenvalue weighted by molar-refractivity contribution is -0.143. The number of carboxylic acid groups (broad SMARTS) is 1. The predicted molar refractivity (Wildman–Crippen MR) is 133 cm³/mol. The summed E-state index contributed by atoms with van der Waals surface area (Å²) in [4.78, 5) is 38.6. The average Bonchev–Trinajstić information content (AvgIpc) is 3.13. The number of fused-ring (bicyclic) bond motifs is 3. The van der Waals surface area contributed by atoms with Crippen molar-refractivity contribution in [3.05, 3.63) is 59.7 Å². The maximum Gasteiger partial charge on any atom is 0.407 e. The highest BCUT2D eigenvalue weighted by Gasteiger charge is 2.33. The molecule has 1 saturated carbocycles. The van der Waals surface area contributed by atoms with E-state index in [1.165, 1.54) is 11.1 Å². The molecule has 2 aliphatic carbocycles. The Morgan fingerprint density at radius 1 is 1.06 bits per heavy atom. The van der Waals surface area contributed by atoms with Gasteiger partial charge in [0.25, 0.3) is 0 Å². The summed E-state index contributed by atoms with van der Waals surface area (Å²) < 4.78 is 5.70. The number of carbonyl (C=O) groups excluding carboxylic acids is 2. The van der Waals surface area contributed by atoms with Crippen molar-refractivity contribution >= 4 is 18.0 Å². The molecule has 0 bridgehead atoms. The fourth-order valence-corrected chi connectivity index (χ4v) is 5.10. The van der Waals surface area contributed by atoms with Gasteiger partial charge in [-0.25, -0.2) is 4.79 Å². The first-order valence-electron chi connectivity index (χ1n) is 12.5. The van der Waals surface area contributed by atoms with Crippen LogP contribution < -0.4 is 5.32 Å². The number of nitrogens with zero attached hydrogens (tertiary/aromatic N) is 1. The standard InChI is InChI=1S/C28H34N2O5/c1-3-30(16-18(2)27(32)33)26(31)15-25(19-9-8-10-19)29-28(34)35-17-24-22-13-6-4-11-20(22)21-12-5-7-14-23(21)24/h4-7,11-14,18-19,24-25H,3,8-10,15-17H2,1-2H3,(H,29,34)(H,32,33). The third kappa shape index (κ3) is 5.50. The maximum atomic E-state index is 13.0. The van der Waals surface area contributed by atoms with Crippen LogP contribution >= 0.6 is 0 Å². The molecule has 7 heteroatoms. The zero-order valence-electron chi connectivity index (χ0n) is 20.4. The molecule has 0 aromatic heterocycles. The number of hydrogen-bond donors (Lipinski definition) is 2. The Balaban J connectivity index is 1.38. The quantitative estimate of drug-likeness (QED) is 0.518.